The van der Waals surface area contributed by atoms with E-state index in [1.165, 1.54) is 0 Å². The standard InChI is InChI=1S/C24H20O5S/c1-3-26-17-7-9-19-15(13-17)5-11-21-23(19)24-20-10-8-18(27-4-2)14-16(20)6-12-22(24)29-30(25)28-21/h5-14H,3-4H2,1-2H3. The maximum atomic E-state index is 12.4. The van der Waals surface area contributed by atoms with Gasteiger partial charge in [-0.15, -0.1) is 0 Å². The molecule has 0 N–H and O–H groups in total. The van der Waals surface area contributed by atoms with Crippen LogP contribution in [-0.2, 0) is 11.4 Å². The summed E-state index contributed by atoms with van der Waals surface area (Å²) in [4.78, 5) is 0. The largest absolute Gasteiger partial charge is 0.494 e. The maximum Gasteiger partial charge on any atom is 0.417 e. The Morgan fingerprint density at radius 1 is 0.700 bits per heavy atom. The molecule has 5 rings (SSSR count). The Morgan fingerprint density at radius 3 is 1.60 bits per heavy atom. The van der Waals surface area contributed by atoms with E-state index < -0.39 is 11.4 Å². The molecule has 0 unspecified atom stereocenters. The predicted molar refractivity (Wildman–Crippen MR) is 119 cm³/mol. The molecule has 5 nitrogen and oxygen atoms in total. The number of ether oxygens (including phenoxy) is 2. The first-order valence-electron chi connectivity index (χ1n) is 9.86. The molecule has 0 aliphatic carbocycles. The summed E-state index contributed by atoms with van der Waals surface area (Å²) < 4.78 is 35.0. The Labute approximate surface area is 177 Å². The number of hydrogen-bond acceptors (Lipinski definition) is 5. The van der Waals surface area contributed by atoms with E-state index >= 15 is 0 Å². The second-order valence-electron chi connectivity index (χ2n) is 6.88. The first-order chi connectivity index (χ1) is 14.7. The molecular weight excluding hydrogens is 400 g/mol. The van der Waals surface area contributed by atoms with Crippen LogP contribution in [0.1, 0.15) is 13.8 Å². The number of hydrogen-bond donors (Lipinski definition) is 0. The van der Waals surface area contributed by atoms with Gasteiger partial charge in [-0.2, -0.15) is 4.21 Å². The molecule has 4 aromatic carbocycles. The maximum absolute atomic E-state index is 12.4. The lowest BCUT2D eigenvalue weighted by Gasteiger charge is -2.14. The topological polar surface area (TPSA) is 54.0 Å². The third kappa shape index (κ3) is 3.13. The van der Waals surface area contributed by atoms with Gasteiger partial charge in [-0.05, 0) is 83.9 Å². The second kappa shape index (κ2) is 7.54. The Morgan fingerprint density at radius 2 is 1.17 bits per heavy atom. The van der Waals surface area contributed by atoms with E-state index in [4.69, 9.17) is 17.8 Å². The van der Waals surface area contributed by atoms with Gasteiger partial charge in [0.2, 0.25) is 0 Å². The molecule has 1 aliphatic rings. The van der Waals surface area contributed by atoms with Gasteiger partial charge >= 0.3 is 11.4 Å². The molecule has 0 saturated carbocycles. The van der Waals surface area contributed by atoms with Gasteiger partial charge in [0.1, 0.15) is 11.5 Å². The van der Waals surface area contributed by atoms with E-state index in [1.54, 1.807) is 0 Å². The van der Waals surface area contributed by atoms with Crippen molar-refractivity contribution in [2.75, 3.05) is 13.2 Å². The van der Waals surface area contributed by atoms with E-state index in [-0.39, 0.29) is 0 Å². The molecule has 0 atom stereocenters. The van der Waals surface area contributed by atoms with Crippen molar-refractivity contribution in [1.82, 2.24) is 0 Å². The Kier molecular flexibility index (Phi) is 4.71. The average molecular weight is 420 g/mol. The normalized spacial score (nSPS) is 13.1. The molecule has 1 heterocycles. The molecule has 30 heavy (non-hydrogen) atoms. The summed E-state index contributed by atoms with van der Waals surface area (Å²) in [7, 11) is 0. The van der Waals surface area contributed by atoms with Crippen LogP contribution >= 0.6 is 0 Å². The third-order valence-electron chi connectivity index (χ3n) is 5.09. The molecule has 0 spiro atoms. The van der Waals surface area contributed by atoms with Crippen LogP contribution in [0.3, 0.4) is 0 Å². The van der Waals surface area contributed by atoms with Crippen LogP contribution in [0.5, 0.6) is 23.0 Å². The van der Waals surface area contributed by atoms with E-state index in [0.717, 1.165) is 44.2 Å². The first kappa shape index (κ1) is 18.8. The zero-order chi connectivity index (χ0) is 20.7. The van der Waals surface area contributed by atoms with Gasteiger partial charge in [-0.25, -0.2) is 0 Å². The van der Waals surface area contributed by atoms with Crippen LogP contribution in [0.15, 0.2) is 60.7 Å². The van der Waals surface area contributed by atoms with Crippen LogP contribution in [0.4, 0.5) is 0 Å². The number of fused-ring (bicyclic) bond motifs is 7. The zero-order valence-electron chi connectivity index (χ0n) is 16.6. The molecule has 0 aromatic heterocycles. The van der Waals surface area contributed by atoms with Crippen molar-refractivity contribution in [3.63, 3.8) is 0 Å². The van der Waals surface area contributed by atoms with E-state index in [9.17, 15) is 4.21 Å². The zero-order valence-corrected chi connectivity index (χ0v) is 17.5. The van der Waals surface area contributed by atoms with Gasteiger partial charge < -0.3 is 17.8 Å². The van der Waals surface area contributed by atoms with Gasteiger partial charge in [0.05, 0.1) is 13.2 Å². The first-order valence-corrected chi connectivity index (χ1v) is 10.9. The van der Waals surface area contributed by atoms with Gasteiger partial charge in [0.15, 0.2) is 11.5 Å². The predicted octanol–water partition coefficient (Wildman–Crippen LogP) is 5.81. The minimum Gasteiger partial charge on any atom is -0.494 e. The molecule has 0 bridgehead atoms. The van der Waals surface area contributed by atoms with Crippen LogP contribution in [-0.4, -0.2) is 17.4 Å². The molecule has 0 radical (unpaired) electrons. The summed E-state index contributed by atoms with van der Waals surface area (Å²) in [6.45, 7) is 5.12. The lowest BCUT2D eigenvalue weighted by Crippen LogP contribution is -2.06. The molecule has 1 aliphatic heterocycles. The highest BCUT2D eigenvalue weighted by atomic mass is 32.2. The van der Waals surface area contributed by atoms with Crippen molar-refractivity contribution < 1.29 is 22.0 Å². The molecule has 0 saturated heterocycles. The highest BCUT2D eigenvalue weighted by Gasteiger charge is 2.25. The van der Waals surface area contributed by atoms with E-state index in [2.05, 4.69) is 0 Å². The summed E-state index contributed by atoms with van der Waals surface area (Å²) in [5, 5.41) is 3.96. The summed E-state index contributed by atoms with van der Waals surface area (Å²) in [6.07, 6.45) is 0. The minimum atomic E-state index is -1.93. The molecular formula is C24H20O5S. The Bertz CT molecular complexity index is 1200. The SMILES string of the molecule is CCOc1ccc2c3c(ccc2c1)OS(=O)Oc1ccc2cc(OCC)ccc2c1-3. The smallest absolute Gasteiger partial charge is 0.417 e. The van der Waals surface area contributed by atoms with Gasteiger partial charge in [0.25, 0.3) is 0 Å². The Hall–Kier alpha value is -3.25. The van der Waals surface area contributed by atoms with Crippen molar-refractivity contribution in [1.29, 1.82) is 0 Å². The van der Waals surface area contributed by atoms with E-state index in [0.29, 0.717) is 24.7 Å². The highest BCUT2D eigenvalue weighted by Crippen LogP contribution is 2.48. The second-order valence-corrected chi connectivity index (χ2v) is 7.62. The monoisotopic (exact) mass is 420 g/mol. The van der Waals surface area contributed by atoms with E-state index in [1.807, 2.05) is 74.5 Å². The van der Waals surface area contributed by atoms with Gasteiger partial charge in [0, 0.05) is 11.1 Å². The number of benzene rings is 4. The van der Waals surface area contributed by atoms with Crippen LogP contribution < -0.4 is 17.8 Å². The van der Waals surface area contributed by atoms with Crippen LogP contribution in [0, 0.1) is 0 Å². The molecule has 152 valence electrons. The molecule has 6 heteroatoms. The summed E-state index contributed by atoms with van der Waals surface area (Å²) in [5.74, 6) is 2.65. The van der Waals surface area contributed by atoms with Crippen LogP contribution in [0.2, 0.25) is 0 Å². The summed E-state index contributed by atoms with van der Waals surface area (Å²) in [6, 6.07) is 19.4. The van der Waals surface area contributed by atoms with Gasteiger partial charge in [-0.1, -0.05) is 12.1 Å². The van der Waals surface area contributed by atoms with Crippen molar-refractivity contribution in [2.45, 2.75) is 13.8 Å². The third-order valence-corrected chi connectivity index (χ3v) is 5.73. The number of rotatable bonds is 4. The van der Waals surface area contributed by atoms with Crippen molar-refractivity contribution >= 4 is 32.9 Å². The average Bonchev–Trinajstić information content (AvgIpc) is 2.89. The summed E-state index contributed by atoms with van der Waals surface area (Å²) >= 11 is -1.93. The molecule has 0 fully saturated rings. The highest BCUT2D eigenvalue weighted by molar-refractivity contribution is 7.76. The summed E-state index contributed by atoms with van der Waals surface area (Å²) in [5.41, 5.74) is 1.71. The van der Waals surface area contributed by atoms with Gasteiger partial charge in [-0.3, -0.25) is 0 Å². The van der Waals surface area contributed by atoms with Crippen molar-refractivity contribution in [2.24, 2.45) is 0 Å². The van der Waals surface area contributed by atoms with Crippen LogP contribution in [0.25, 0.3) is 32.7 Å². The molecule has 4 aromatic rings. The minimum absolute atomic E-state index is 0.519. The van der Waals surface area contributed by atoms with Crippen molar-refractivity contribution in [3.8, 4) is 34.1 Å². The van der Waals surface area contributed by atoms with Crippen molar-refractivity contribution in [3.05, 3.63) is 60.7 Å². The lowest BCUT2D eigenvalue weighted by molar-refractivity contribution is 0.340. The fraction of sp³-hybridized carbons (Fsp3) is 0.167. The fourth-order valence-electron chi connectivity index (χ4n) is 3.91. The Balaban J connectivity index is 1.83. The lowest BCUT2D eigenvalue weighted by atomic mass is 9.92. The quantitative estimate of drug-likeness (QED) is 0.417. The fourth-order valence-corrected chi connectivity index (χ4v) is 4.51. The molecule has 0 amide bonds.